The summed E-state index contributed by atoms with van der Waals surface area (Å²) in [6.45, 7) is 9.16. The van der Waals surface area contributed by atoms with Gasteiger partial charge >= 0.3 is 0 Å². The predicted molar refractivity (Wildman–Crippen MR) is 65.4 cm³/mol. The highest BCUT2D eigenvalue weighted by Crippen LogP contribution is 2.16. The molecule has 1 aromatic heterocycles. The third-order valence-electron chi connectivity index (χ3n) is 1.87. The summed E-state index contributed by atoms with van der Waals surface area (Å²) in [5.74, 6) is 4.02. The van der Waals surface area contributed by atoms with Crippen LogP contribution in [0.15, 0.2) is 0 Å². The first-order valence-electron chi connectivity index (χ1n) is 4.93. The molecule has 14 heavy (non-hydrogen) atoms. The number of rotatable bonds is 5. The minimum absolute atomic E-state index is 0.860. The molecule has 0 bridgehead atoms. The Labute approximate surface area is 91.1 Å². The third kappa shape index (κ3) is 4.81. The fourth-order valence-electron chi connectivity index (χ4n) is 0.995. The van der Waals surface area contributed by atoms with Crippen molar-refractivity contribution >= 4 is 19.8 Å². The molecule has 0 aliphatic heterocycles. The summed E-state index contributed by atoms with van der Waals surface area (Å²) >= 11 is 1.94. The van der Waals surface area contributed by atoms with Gasteiger partial charge in [0.15, 0.2) is 5.82 Å². The number of aryl methyl sites for hydroxylation is 1. The molecule has 80 valence electrons. The minimum Gasteiger partial charge on any atom is -0.263 e. The Morgan fingerprint density at radius 3 is 2.57 bits per heavy atom. The van der Waals surface area contributed by atoms with E-state index in [2.05, 4.69) is 34.8 Å². The lowest BCUT2D eigenvalue weighted by molar-refractivity contribution is 1.01. The Bertz CT molecular complexity index is 280. The molecule has 5 heteroatoms. The van der Waals surface area contributed by atoms with Gasteiger partial charge in [0.1, 0.15) is 5.82 Å². The van der Waals surface area contributed by atoms with E-state index in [0.717, 1.165) is 17.4 Å². The highest BCUT2D eigenvalue weighted by Gasteiger charge is 2.12. The van der Waals surface area contributed by atoms with Gasteiger partial charge in [-0.2, -0.15) is 16.9 Å². The molecule has 0 saturated heterocycles. The lowest BCUT2D eigenvalue weighted by atomic mass is 10.7. The average molecular weight is 229 g/mol. The summed E-state index contributed by atoms with van der Waals surface area (Å²) in [6.07, 6.45) is 0. The molecule has 1 heterocycles. The van der Waals surface area contributed by atoms with Crippen LogP contribution in [0.4, 0.5) is 0 Å². The summed E-state index contributed by atoms with van der Waals surface area (Å²) < 4.78 is 0. The monoisotopic (exact) mass is 229 g/mol. The largest absolute Gasteiger partial charge is 0.263 e. The number of hydrogen-bond donors (Lipinski definition) is 1. The fraction of sp³-hybridized carbons (Fsp3) is 0.778. The summed E-state index contributed by atoms with van der Waals surface area (Å²) in [4.78, 5) is 4.27. The predicted octanol–water partition coefficient (Wildman–Crippen LogP) is 2.68. The maximum atomic E-state index is 4.27. The SMILES string of the molecule is Cc1nc(CSCC[Si](C)(C)C)n[nH]1. The molecule has 0 radical (unpaired) electrons. The first kappa shape index (κ1) is 11.8. The Hall–Kier alpha value is -0.293. The van der Waals surface area contributed by atoms with E-state index in [4.69, 9.17) is 0 Å². The van der Waals surface area contributed by atoms with Crippen molar-refractivity contribution in [3.63, 3.8) is 0 Å². The molecule has 0 spiro atoms. The Balaban J connectivity index is 2.16. The van der Waals surface area contributed by atoms with Crippen molar-refractivity contribution in [1.29, 1.82) is 0 Å². The summed E-state index contributed by atoms with van der Waals surface area (Å²) in [5, 5.41) is 6.96. The van der Waals surface area contributed by atoms with Crippen molar-refractivity contribution in [1.82, 2.24) is 15.2 Å². The van der Waals surface area contributed by atoms with E-state index in [1.54, 1.807) is 0 Å². The standard InChI is InChI=1S/C9H19N3SSi/c1-8-10-9(12-11-8)7-13-5-6-14(2,3)4/h5-7H2,1-4H3,(H,10,11,12). The van der Waals surface area contributed by atoms with Gasteiger partial charge in [-0.25, -0.2) is 4.98 Å². The Morgan fingerprint density at radius 2 is 2.07 bits per heavy atom. The van der Waals surface area contributed by atoms with Gasteiger partial charge in [-0.1, -0.05) is 19.6 Å². The Morgan fingerprint density at radius 1 is 1.36 bits per heavy atom. The maximum Gasteiger partial charge on any atom is 0.160 e. The second-order valence-electron chi connectivity index (χ2n) is 4.70. The van der Waals surface area contributed by atoms with Crippen LogP contribution >= 0.6 is 11.8 Å². The van der Waals surface area contributed by atoms with Crippen LogP contribution in [-0.2, 0) is 5.75 Å². The first-order chi connectivity index (χ1) is 6.47. The van der Waals surface area contributed by atoms with Crippen molar-refractivity contribution in [3.8, 4) is 0 Å². The quantitative estimate of drug-likeness (QED) is 0.623. The molecule has 0 aliphatic rings. The van der Waals surface area contributed by atoms with Gasteiger partial charge in [0.25, 0.3) is 0 Å². The third-order valence-corrected chi connectivity index (χ3v) is 4.94. The topological polar surface area (TPSA) is 41.6 Å². The molecule has 0 aliphatic carbocycles. The smallest absolute Gasteiger partial charge is 0.160 e. The normalized spacial score (nSPS) is 12.0. The number of H-pyrrole nitrogens is 1. The van der Waals surface area contributed by atoms with Crippen molar-refractivity contribution in [2.75, 3.05) is 5.75 Å². The van der Waals surface area contributed by atoms with Crippen LogP contribution in [0.5, 0.6) is 0 Å². The van der Waals surface area contributed by atoms with Crippen LogP contribution < -0.4 is 0 Å². The van der Waals surface area contributed by atoms with Gasteiger partial charge in [-0.15, -0.1) is 0 Å². The van der Waals surface area contributed by atoms with E-state index < -0.39 is 8.07 Å². The van der Waals surface area contributed by atoms with Gasteiger partial charge < -0.3 is 0 Å². The maximum absolute atomic E-state index is 4.27. The molecule has 0 aromatic carbocycles. The van der Waals surface area contributed by atoms with E-state index in [-0.39, 0.29) is 0 Å². The first-order valence-corrected chi connectivity index (χ1v) is 9.79. The highest BCUT2D eigenvalue weighted by atomic mass is 32.2. The number of hydrogen-bond acceptors (Lipinski definition) is 3. The van der Waals surface area contributed by atoms with Crippen molar-refractivity contribution in [2.24, 2.45) is 0 Å². The van der Waals surface area contributed by atoms with Crippen LogP contribution in [0, 0.1) is 6.92 Å². The lowest BCUT2D eigenvalue weighted by Crippen LogP contribution is -2.19. The van der Waals surface area contributed by atoms with Crippen LogP contribution in [0.25, 0.3) is 0 Å². The molecule has 3 nitrogen and oxygen atoms in total. The molecule has 0 amide bonds. The molecule has 0 atom stereocenters. The van der Waals surface area contributed by atoms with Gasteiger partial charge in [-0.3, -0.25) is 5.10 Å². The van der Waals surface area contributed by atoms with E-state index in [9.17, 15) is 0 Å². The van der Waals surface area contributed by atoms with E-state index >= 15 is 0 Å². The highest BCUT2D eigenvalue weighted by molar-refractivity contribution is 7.98. The minimum atomic E-state index is -0.860. The zero-order chi connectivity index (χ0) is 10.6. The van der Waals surface area contributed by atoms with Gasteiger partial charge in [0, 0.05) is 8.07 Å². The molecule has 1 N–H and O–H groups in total. The molecule has 1 rings (SSSR count). The van der Waals surface area contributed by atoms with Crippen LogP contribution in [0.3, 0.4) is 0 Å². The van der Waals surface area contributed by atoms with Crippen LogP contribution in [0.1, 0.15) is 11.6 Å². The number of nitrogens with one attached hydrogen (secondary N) is 1. The molecule has 0 saturated carbocycles. The summed E-state index contributed by atoms with van der Waals surface area (Å²) in [6, 6.07) is 1.38. The number of aromatic nitrogens is 3. The van der Waals surface area contributed by atoms with Gasteiger partial charge in [-0.05, 0) is 18.7 Å². The van der Waals surface area contributed by atoms with Crippen molar-refractivity contribution < 1.29 is 0 Å². The zero-order valence-corrected chi connectivity index (χ0v) is 11.2. The van der Waals surface area contributed by atoms with E-state index in [0.29, 0.717) is 0 Å². The van der Waals surface area contributed by atoms with Crippen LogP contribution in [0.2, 0.25) is 25.7 Å². The molecule has 0 fully saturated rings. The van der Waals surface area contributed by atoms with Crippen LogP contribution in [-0.4, -0.2) is 29.0 Å². The molecular weight excluding hydrogens is 210 g/mol. The van der Waals surface area contributed by atoms with Crippen molar-refractivity contribution in [2.45, 2.75) is 38.4 Å². The molecular formula is C9H19N3SSi. The molecule has 1 aromatic rings. The average Bonchev–Trinajstić information content (AvgIpc) is 2.44. The fourth-order valence-corrected chi connectivity index (χ4v) is 4.48. The summed E-state index contributed by atoms with van der Waals surface area (Å²) in [5.41, 5.74) is 0. The van der Waals surface area contributed by atoms with E-state index in [1.165, 1.54) is 11.8 Å². The van der Waals surface area contributed by atoms with Crippen molar-refractivity contribution in [3.05, 3.63) is 11.6 Å². The Kier molecular flexibility index (Phi) is 4.19. The number of nitrogens with zero attached hydrogens (tertiary/aromatic N) is 2. The second kappa shape index (κ2) is 4.98. The van der Waals surface area contributed by atoms with Gasteiger partial charge in [0.05, 0.1) is 5.75 Å². The molecule has 0 unspecified atom stereocenters. The number of thioether (sulfide) groups is 1. The van der Waals surface area contributed by atoms with Gasteiger partial charge in [0.2, 0.25) is 0 Å². The zero-order valence-electron chi connectivity index (χ0n) is 9.42. The van der Waals surface area contributed by atoms with E-state index in [1.807, 2.05) is 18.7 Å². The lowest BCUT2D eigenvalue weighted by Gasteiger charge is -2.14. The number of aromatic amines is 1. The summed E-state index contributed by atoms with van der Waals surface area (Å²) in [7, 11) is -0.860. The second-order valence-corrected chi connectivity index (χ2v) is 11.4.